The third kappa shape index (κ3) is 13.4. The average molecular weight is 1170 g/mol. The van der Waals surface area contributed by atoms with Crippen molar-refractivity contribution in [1.82, 2.24) is 0 Å². The van der Waals surface area contributed by atoms with Gasteiger partial charge in [-0.3, -0.25) is 0 Å². The third-order valence-electron chi connectivity index (χ3n) is 22.2. The van der Waals surface area contributed by atoms with E-state index in [2.05, 4.69) is 43.3 Å². The third-order valence-corrected chi connectivity index (χ3v) is 22.2. The van der Waals surface area contributed by atoms with Crippen LogP contribution in [0.2, 0.25) is 0 Å². The SMILES string of the molecule is C[C@]12CCCCC3C(CCC[C@@H]1[C@@]14CCOc5ccccc5OCCOCCOc5ccccc5OCC[C@@]2(O1)C1CCCCCCC4C1)[C@@]1(COc2ccccc2OCCOCCOc2ccccc2OCCO1)C1CCCCCC[C@@H]3CC1. The van der Waals surface area contributed by atoms with Crippen LogP contribution in [0.4, 0.5) is 0 Å². The molecule has 6 bridgehead atoms. The van der Waals surface area contributed by atoms with Gasteiger partial charge in [-0.25, -0.2) is 0 Å². The van der Waals surface area contributed by atoms with Crippen molar-refractivity contribution >= 4 is 0 Å². The summed E-state index contributed by atoms with van der Waals surface area (Å²) in [6.07, 6.45) is 28.2. The molecule has 0 amide bonds. The lowest BCUT2D eigenvalue weighted by atomic mass is 9.56. The van der Waals surface area contributed by atoms with Crippen molar-refractivity contribution in [3.8, 4) is 46.0 Å². The molecule has 2 saturated heterocycles. The first-order valence-corrected chi connectivity index (χ1v) is 33.9. The van der Waals surface area contributed by atoms with Crippen molar-refractivity contribution in [2.75, 3.05) is 85.9 Å². The van der Waals surface area contributed by atoms with Crippen molar-refractivity contribution in [2.45, 2.75) is 178 Å². The highest BCUT2D eigenvalue weighted by atomic mass is 16.6. The zero-order chi connectivity index (χ0) is 57.6. The molecule has 6 fully saturated rings. The summed E-state index contributed by atoms with van der Waals surface area (Å²) in [6, 6.07) is 32.7. The standard InChI is InChI=1S/C73H100O12/c1-70-38-19-18-25-59-55-21-6-2-3-7-22-56(37-36-55)72(54-83-68-34-17-16-33-67(68)81-50-46-75-45-49-80-65-31-14-15-32-66(65)82-51-52-84-72)60(59)26-20-35-69(70)71-39-41-76-61-27-10-12-29-63(61)78-47-43-74-44-48-79-64-30-13-11-28-62(64)77-42-40-73(70,85-71)58-24-9-5-4-8-23-57(71)53-58/h10-17,27-34,55-60,69H,2-9,18-26,35-54H2,1H3/t55-,56?,57?,58?,59?,60?,69+,70+,71+,72-,73-/m1/s1. The molecule has 0 N–H and O–H groups in total. The number of para-hydroxylation sites is 8. The Morgan fingerprint density at radius 2 is 0.800 bits per heavy atom. The first-order chi connectivity index (χ1) is 42.0. The minimum absolute atomic E-state index is 0.111. The fraction of sp³-hybridized carbons (Fsp3) is 0.671. The van der Waals surface area contributed by atoms with Gasteiger partial charge in [0, 0.05) is 18.3 Å². The Morgan fingerprint density at radius 3 is 1.35 bits per heavy atom. The highest BCUT2D eigenvalue weighted by Gasteiger charge is 2.74. The molecular formula is C73H100O12. The molecule has 5 unspecified atom stereocenters. The fourth-order valence-electron chi connectivity index (χ4n) is 18.4. The molecule has 0 radical (unpaired) electrons. The molecule has 8 aliphatic rings. The van der Waals surface area contributed by atoms with Gasteiger partial charge in [0.05, 0.1) is 57.5 Å². The molecule has 12 nitrogen and oxygen atoms in total. The van der Waals surface area contributed by atoms with Crippen molar-refractivity contribution in [3.63, 3.8) is 0 Å². The van der Waals surface area contributed by atoms with Gasteiger partial charge in [-0.05, 0) is 154 Å². The van der Waals surface area contributed by atoms with Crippen LogP contribution in [0.1, 0.15) is 161 Å². The quantitative estimate of drug-likeness (QED) is 0.167. The van der Waals surface area contributed by atoms with E-state index in [1.54, 1.807) is 0 Å². The lowest BCUT2D eigenvalue weighted by molar-refractivity contribution is -0.230. The van der Waals surface area contributed by atoms with E-state index in [0.29, 0.717) is 121 Å². The zero-order valence-electron chi connectivity index (χ0n) is 51.3. The van der Waals surface area contributed by atoms with Gasteiger partial charge in [-0.15, -0.1) is 0 Å². The molecule has 4 heterocycles. The first-order valence-electron chi connectivity index (χ1n) is 33.9. The highest BCUT2D eigenvalue weighted by molar-refractivity contribution is 5.42. The Kier molecular flexibility index (Phi) is 20.6. The van der Waals surface area contributed by atoms with E-state index in [1.165, 1.54) is 103 Å². The second kappa shape index (κ2) is 29.0. The van der Waals surface area contributed by atoms with Crippen LogP contribution in [0, 0.1) is 46.8 Å². The van der Waals surface area contributed by atoms with E-state index in [9.17, 15) is 0 Å². The van der Waals surface area contributed by atoms with Gasteiger partial charge >= 0.3 is 0 Å². The van der Waals surface area contributed by atoms with Crippen LogP contribution in [0.15, 0.2) is 97.1 Å². The predicted molar refractivity (Wildman–Crippen MR) is 330 cm³/mol. The van der Waals surface area contributed by atoms with E-state index in [4.69, 9.17) is 56.8 Å². The monoisotopic (exact) mass is 1170 g/mol. The van der Waals surface area contributed by atoms with Crippen molar-refractivity contribution in [1.29, 1.82) is 0 Å². The summed E-state index contributed by atoms with van der Waals surface area (Å²) in [5.41, 5.74) is -1.44. The van der Waals surface area contributed by atoms with Gasteiger partial charge in [-0.2, -0.15) is 0 Å². The second-order valence-electron chi connectivity index (χ2n) is 26.6. The molecule has 0 aromatic heterocycles. The van der Waals surface area contributed by atoms with Gasteiger partial charge in [-0.1, -0.05) is 133 Å². The lowest BCUT2D eigenvalue weighted by Gasteiger charge is -2.53. The van der Waals surface area contributed by atoms with Gasteiger partial charge < -0.3 is 56.8 Å². The number of benzene rings is 4. The highest BCUT2D eigenvalue weighted by Crippen LogP contribution is 2.72. The molecule has 85 heavy (non-hydrogen) atoms. The fourth-order valence-corrected chi connectivity index (χ4v) is 18.4. The molecule has 4 aromatic carbocycles. The molecule has 1 spiro atoms. The van der Waals surface area contributed by atoms with Gasteiger partial charge in [0.25, 0.3) is 0 Å². The van der Waals surface area contributed by atoms with Crippen molar-refractivity contribution in [3.05, 3.63) is 97.1 Å². The normalized spacial score (nSPS) is 34.2. The molecule has 12 heteroatoms. The van der Waals surface area contributed by atoms with Crippen molar-refractivity contribution in [2.24, 2.45) is 46.8 Å². The minimum Gasteiger partial charge on any atom is -0.490 e. The number of hydrogen-bond acceptors (Lipinski definition) is 12. The smallest absolute Gasteiger partial charge is 0.161 e. The summed E-state index contributed by atoms with van der Waals surface area (Å²) >= 11 is 0. The van der Waals surface area contributed by atoms with Gasteiger partial charge in [0.1, 0.15) is 45.2 Å². The van der Waals surface area contributed by atoms with E-state index in [0.717, 1.165) is 97.4 Å². The summed E-state index contributed by atoms with van der Waals surface area (Å²) in [5, 5.41) is 0. The first kappa shape index (κ1) is 60.4. The van der Waals surface area contributed by atoms with Crippen LogP contribution in [-0.2, 0) is 18.9 Å². The van der Waals surface area contributed by atoms with Gasteiger partial charge in [0.2, 0.25) is 0 Å². The van der Waals surface area contributed by atoms with Crippen LogP contribution in [0.3, 0.4) is 0 Å². The lowest BCUT2D eigenvalue weighted by Crippen LogP contribution is -2.56. The summed E-state index contributed by atoms with van der Waals surface area (Å²) in [5.74, 6) is 8.96. The Bertz CT molecular complexity index is 2700. The maximum atomic E-state index is 8.56. The molecule has 4 aromatic rings. The Balaban J connectivity index is 0.937. The molecular weight excluding hydrogens is 1070 g/mol. The predicted octanol–water partition coefficient (Wildman–Crippen LogP) is 15.9. The Morgan fingerprint density at radius 1 is 0.341 bits per heavy atom. The largest absolute Gasteiger partial charge is 0.490 e. The molecule has 11 atom stereocenters. The Hall–Kier alpha value is -4.88. The van der Waals surface area contributed by atoms with E-state index >= 15 is 0 Å². The van der Waals surface area contributed by atoms with Crippen LogP contribution < -0.4 is 37.9 Å². The molecule has 4 saturated carbocycles. The zero-order valence-corrected chi connectivity index (χ0v) is 51.3. The summed E-state index contributed by atoms with van der Waals surface area (Å²) in [7, 11) is 0. The number of rotatable bonds is 0. The Labute approximate surface area is 508 Å². The van der Waals surface area contributed by atoms with E-state index in [1.807, 2.05) is 60.7 Å². The van der Waals surface area contributed by atoms with E-state index < -0.39 is 5.60 Å². The topological polar surface area (TPSA) is 111 Å². The van der Waals surface area contributed by atoms with Crippen LogP contribution >= 0.6 is 0 Å². The summed E-state index contributed by atoms with van der Waals surface area (Å²) < 4.78 is 82.2. The van der Waals surface area contributed by atoms with Crippen LogP contribution in [0.5, 0.6) is 46.0 Å². The van der Waals surface area contributed by atoms with Gasteiger partial charge in [0.15, 0.2) is 46.0 Å². The van der Waals surface area contributed by atoms with Crippen LogP contribution in [0.25, 0.3) is 0 Å². The molecule has 12 rings (SSSR count). The average Bonchev–Trinajstić information content (AvgIpc) is 1.94. The summed E-state index contributed by atoms with van der Waals surface area (Å²) in [4.78, 5) is 0. The maximum absolute atomic E-state index is 8.56. The molecule has 464 valence electrons. The maximum Gasteiger partial charge on any atom is 0.161 e. The number of hydrogen-bond donors (Lipinski definition) is 0. The van der Waals surface area contributed by atoms with E-state index in [-0.39, 0.29) is 22.5 Å². The molecule has 4 aliphatic heterocycles. The number of fused-ring (bicyclic) bond motifs is 14. The van der Waals surface area contributed by atoms with Crippen LogP contribution in [-0.4, -0.2) is 103 Å². The second-order valence-corrected chi connectivity index (χ2v) is 26.6. The number of ether oxygens (including phenoxy) is 12. The molecule has 4 aliphatic carbocycles. The summed E-state index contributed by atoms with van der Waals surface area (Å²) in [6.45, 7) is 8.59. The minimum atomic E-state index is -0.569. The van der Waals surface area contributed by atoms with Crippen molar-refractivity contribution < 1.29 is 56.8 Å².